The molecule has 1 aliphatic carbocycles. The minimum atomic E-state index is -1.24. The van der Waals surface area contributed by atoms with Gasteiger partial charge in [0.15, 0.2) is 0 Å². The minimum absolute atomic E-state index is 0.143. The highest BCUT2D eigenvalue weighted by atomic mass is 17.1. The van der Waals surface area contributed by atoms with Crippen molar-refractivity contribution in [3.05, 3.63) is 39.1 Å². The van der Waals surface area contributed by atoms with E-state index in [1.165, 1.54) is 11.1 Å². The van der Waals surface area contributed by atoms with E-state index in [9.17, 15) is 10.3 Å². The SMILES string of the molecule is Cc1cc2c(c(C)c1CCO[NH+]([O-])O)CC(C)(C)[C@H]2O. The van der Waals surface area contributed by atoms with Gasteiger partial charge in [-0.15, -0.1) is 0 Å². The number of fused-ring (bicyclic) bond motifs is 1. The summed E-state index contributed by atoms with van der Waals surface area (Å²) < 4.78 is 0. The van der Waals surface area contributed by atoms with Crippen molar-refractivity contribution >= 4 is 0 Å². The molecule has 0 fully saturated rings. The Morgan fingerprint density at radius 3 is 2.70 bits per heavy atom. The molecule has 5 heteroatoms. The van der Waals surface area contributed by atoms with Crippen LogP contribution in [0.2, 0.25) is 0 Å². The molecule has 0 spiro atoms. The fourth-order valence-corrected chi connectivity index (χ4v) is 3.18. The molecule has 0 radical (unpaired) electrons. The summed E-state index contributed by atoms with van der Waals surface area (Å²) in [4.78, 5) is 4.60. The minimum Gasteiger partial charge on any atom is -0.566 e. The Morgan fingerprint density at radius 2 is 2.10 bits per heavy atom. The number of aliphatic hydroxyl groups is 1. The quantitative estimate of drug-likeness (QED) is 0.724. The fraction of sp³-hybridized carbons (Fsp3) is 0.600. The molecule has 3 N–H and O–H groups in total. The van der Waals surface area contributed by atoms with Crippen LogP contribution >= 0.6 is 0 Å². The Balaban J connectivity index is 2.30. The molecule has 20 heavy (non-hydrogen) atoms. The van der Waals surface area contributed by atoms with Crippen LogP contribution in [0.5, 0.6) is 0 Å². The van der Waals surface area contributed by atoms with E-state index in [4.69, 9.17) is 5.21 Å². The normalized spacial score (nSPS) is 21.9. The summed E-state index contributed by atoms with van der Waals surface area (Å²) in [7, 11) is 0. The third-order valence-corrected chi connectivity index (χ3v) is 4.35. The maximum Gasteiger partial charge on any atom is 0.115 e. The second-order valence-corrected chi connectivity index (χ2v) is 6.30. The Kier molecular flexibility index (Phi) is 4.18. The molecule has 1 aromatic carbocycles. The summed E-state index contributed by atoms with van der Waals surface area (Å²) in [6.07, 6.45) is 0.995. The summed E-state index contributed by atoms with van der Waals surface area (Å²) in [5.41, 5.74) is 5.47. The second kappa shape index (κ2) is 5.42. The zero-order valence-electron chi connectivity index (χ0n) is 12.5. The topological polar surface area (TPSA) is 77.2 Å². The van der Waals surface area contributed by atoms with Gasteiger partial charge in [0.1, 0.15) is 6.61 Å². The number of rotatable bonds is 4. The molecule has 2 rings (SSSR count). The molecule has 5 nitrogen and oxygen atoms in total. The summed E-state index contributed by atoms with van der Waals surface area (Å²) in [6.45, 7) is 8.36. The monoisotopic (exact) mass is 281 g/mol. The van der Waals surface area contributed by atoms with Crippen LogP contribution in [-0.4, -0.2) is 16.9 Å². The predicted molar refractivity (Wildman–Crippen MR) is 74.1 cm³/mol. The lowest BCUT2D eigenvalue weighted by molar-refractivity contribution is -1.21. The highest BCUT2D eigenvalue weighted by Crippen LogP contribution is 2.47. The first kappa shape index (κ1) is 15.4. The number of quaternary nitrogens is 1. The van der Waals surface area contributed by atoms with Gasteiger partial charge in [-0.1, -0.05) is 25.3 Å². The lowest BCUT2D eigenvalue weighted by atomic mass is 9.87. The fourth-order valence-electron chi connectivity index (χ4n) is 3.18. The highest BCUT2D eigenvalue weighted by Gasteiger charge is 2.39. The van der Waals surface area contributed by atoms with Gasteiger partial charge in [-0.3, -0.25) is 0 Å². The summed E-state index contributed by atoms with van der Waals surface area (Å²) >= 11 is 0. The molecule has 1 unspecified atom stereocenters. The van der Waals surface area contributed by atoms with Gasteiger partial charge in [0.2, 0.25) is 0 Å². The number of nitrogens with one attached hydrogen (secondary N) is 1. The van der Waals surface area contributed by atoms with Gasteiger partial charge in [0.25, 0.3) is 0 Å². The molecular weight excluding hydrogens is 258 g/mol. The van der Waals surface area contributed by atoms with E-state index < -0.39 is 11.5 Å². The van der Waals surface area contributed by atoms with Gasteiger partial charge in [-0.25, -0.2) is 0 Å². The van der Waals surface area contributed by atoms with E-state index >= 15 is 0 Å². The van der Waals surface area contributed by atoms with Crippen LogP contribution < -0.4 is 5.39 Å². The van der Waals surface area contributed by atoms with Crippen molar-refractivity contribution in [2.75, 3.05) is 6.61 Å². The van der Waals surface area contributed by atoms with Crippen molar-refractivity contribution < 1.29 is 20.5 Å². The van der Waals surface area contributed by atoms with Gasteiger partial charge < -0.3 is 10.3 Å². The van der Waals surface area contributed by atoms with Crippen LogP contribution in [0, 0.1) is 24.5 Å². The lowest BCUT2D eigenvalue weighted by Gasteiger charge is -2.22. The van der Waals surface area contributed by atoms with E-state index in [2.05, 4.69) is 25.6 Å². The summed E-state index contributed by atoms with van der Waals surface area (Å²) in [6, 6.07) is 2.04. The van der Waals surface area contributed by atoms with Crippen LogP contribution in [0.15, 0.2) is 6.07 Å². The second-order valence-electron chi connectivity index (χ2n) is 6.30. The first-order valence-electron chi connectivity index (χ1n) is 6.89. The number of aliphatic hydroxyl groups excluding tert-OH is 1. The molecule has 0 saturated carbocycles. The average molecular weight is 281 g/mol. The zero-order chi connectivity index (χ0) is 15.1. The van der Waals surface area contributed by atoms with Gasteiger partial charge >= 0.3 is 0 Å². The van der Waals surface area contributed by atoms with Crippen LogP contribution in [0.25, 0.3) is 0 Å². The highest BCUT2D eigenvalue weighted by molar-refractivity contribution is 5.49. The Morgan fingerprint density at radius 1 is 1.45 bits per heavy atom. The molecule has 1 aromatic rings. The van der Waals surface area contributed by atoms with E-state index in [1.807, 2.05) is 13.0 Å². The molecule has 2 atom stereocenters. The van der Waals surface area contributed by atoms with E-state index in [0.29, 0.717) is 6.42 Å². The van der Waals surface area contributed by atoms with E-state index in [1.54, 1.807) is 0 Å². The smallest absolute Gasteiger partial charge is 0.115 e. The lowest BCUT2D eigenvalue weighted by Crippen LogP contribution is -3.03. The van der Waals surface area contributed by atoms with Crippen LogP contribution in [0.1, 0.15) is 47.8 Å². The third-order valence-electron chi connectivity index (χ3n) is 4.35. The zero-order valence-corrected chi connectivity index (χ0v) is 12.5. The average Bonchev–Trinajstić information content (AvgIpc) is 2.56. The molecule has 0 amide bonds. The van der Waals surface area contributed by atoms with Gasteiger partial charge in [-0.05, 0) is 53.5 Å². The molecule has 0 aliphatic heterocycles. The van der Waals surface area contributed by atoms with E-state index in [0.717, 1.165) is 23.1 Å². The van der Waals surface area contributed by atoms with Crippen molar-refractivity contribution in [2.24, 2.45) is 5.41 Å². The molecule has 0 saturated heterocycles. The summed E-state index contributed by atoms with van der Waals surface area (Å²) in [5, 5.41) is 28.1. The van der Waals surface area contributed by atoms with Crippen molar-refractivity contribution in [2.45, 2.75) is 46.6 Å². The molecule has 0 aromatic heterocycles. The number of hydrogen-bond acceptors (Lipinski definition) is 4. The third kappa shape index (κ3) is 2.73. The molecule has 0 bridgehead atoms. The first-order chi connectivity index (χ1) is 9.24. The number of hydrogen-bond donors (Lipinski definition) is 3. The molecule has 112 valence electrons. The van der Waals surface area contributed by atoms with Crippen molar-refractivity contribution in [3.8, 4) is 0 Å². The number of benzene rings is 1. The molecular formula is C15H23NO4. The standard InChI is InChI=1S/C15H23NO4/c1-9-7-12-13(8-15(3,4)14(12)17)10(2)11(9)5-6-20-16(18)19/h7,14,16-18H,5-6,8H2,1-4H3/t14-/m0/s1. The van der Waals surface area contributed by atoms with Crippen LogP contribution in [-0.2, 0) is 17.7 Å². The largest absolute Gasteiger partial charge is 0.566 e. The Labute approximate surface area is 119 Å². The maximum atomic E-state index is 10.4. The van der Waals surface area contributed by atoms with Crippen molar-refractivity contribution in [1.82, 2.24) is 0 Å². The van der Waals surface area contributed by atoms with E-state index in [-0.39, 0.29) is 12.0 Å². The first-order valence-corrected chi connectivity index (χ1v) is 6.89. The van der Waals surface area contributed by atoms with Gasteiger partial charge in [0, 0.05) is 6.42 Å². The van der Waals surface area contributed by atoms with Crippen LogP contribution in [0.3, 0.4) is 0 Å². The molecule has 1 aliphatic rings. The Bertz CT molecular complexity index is 511. The molecule has 0 heterocycles. The van der Waals surface area contributed by atoms with Crippen molar-refractivity contribution in [3.63, 3.8) is 0 Å². The predicted octanol–water partition coefficient (Wildman–Crippen LogP) is 1.17. The summed E-state index contributed by atoms with van der Waals surface area (Å²) in [5.74, 6) is 0. The van der Waals surface area contributed by atoms with Gasteiger partial charge in [0.05, 0.1) is 6.10 Å². The number of aryl methyl sites for hydroxylation is 1. The van der Waals surface area contributed by atoms with Gasteiger partial charge in [-0.2, -0.15) is 10.0 Å². The Hall–Kier alpha value is -0.980. The van der Waals surface area contributed by atoms with Crippen LogP contribution in [0.4, 0.5) is 0 Å². The van der Waals surface area contributed by atoms with Crippen molar-refractivity contribution in [1.29, 1.82) is 0 Å². The maximum absolute atomic E-state index is 10.4.